The van der Waals surface area contributed by atoms with Crippen LogP contribution in [0.2, 0.25) is 0 Å². The van der Waals surface area contributed by atoms with Gasteiger partial charge in [0, 0.05) is 5.56 Å². The monoisotopic (exact) mass is 254 g/mol. The first kappa shape index (κ1) is 12.8. The van der Waals surface area contributed by atoms with E-state index in [0.29, 0.717) is 17.9 Å². The topological polar surface area (TPSA) is 84.8 Å². The van der Waals surface area contributed by atoms with Crippen molar-refractivity contribution in [2.24, 2.45) is 0 Å². The zero-order chi connectivity index (χ0) is 13.8. The van der Waals surface area contributed by atoms with Gasteiger partial charge >= 0.3 is 0 Å². The summed E-state index contributed by atoms with van der Waals surface area (Å²) in [6.07, 6.45) is 0. The quantitative estimate of drug-likeness (QED) is 0.908. The molecule has 0 radical (unpaired) electrons. The number of aryl methyl sites for hydroxylation is 1. The van der Waals surface area contributed by atoms with Crippen LogP contribution in [0.4, 0.5) is 5.95 Å². The molecule has 1 heterocycles. The molecule has 0 saturated heterocycles. The molecule has 0 saturated carbocycles. The van der Waals surface area contributed by atoms with E-state index in [4.69, 9.17) is 10.5 Å². The lowest BCUT2D eigenvalue weighted by molar-refractivity contribution is 0.326. The van der Waals surface area contributed by atoms with Crippen LogP contribution >= 0.6 is 0 Å². The number of benzene rings is 1. The van der Waals surface area contributed by atoms with Crippen molar-refractivity contribution < 1.29 is 4.74 Å². The minimum atomic E-state index is 0.0979. The summed E-state index contributed by atoms with van der Waals surface area (Å²) in [5, 5.41) is 9.32. The van der Waals surface area contributed by atoms with Crippen molar-refractivity contribution in [3.63, 3.8) is 0 Å². The SMILES string of the molecule is CCOc1nc(N)nc(-c2ccccc2C)c1C#N. The van der Waals surface area contributed by atoms with Crippen LogP contribution in [0.25, 0.3) is 11.3 Å². The van der Waals surface area contributed by atoms with Crippen molar-refractivity contribution in [2.75, 3.05) is 12.3 Å². The highest BCUT2D eigenvalue weighted by molar-refractivity contribution is 5.72. The van der Waals surface area contributed by atoms with Gasteiger partial charge in [0.05, 0.1) is 12.3 Å². The van der Waals surface area contributed by atoms with Gasteiger partial charge in [-0.05, 0) is 19.4 Å². The van der Waals surface area contributed by atoms with Crippen LogP contribution in [0.15, 0.2) is 24.3 Å². The highest BCUT2D eigenvalue weighted by atomic mass is 16.5. The van der Waals surface area contributed by atoms with Gasteiger partial charge in [0.2, 0.25) is 11.8 Å². The van der Waals surface area contributed by atoms with Crippen LogP contribution in [0.3, 0.4) is 0 Å². The Bertz CT molecular complexity index is 646. The molecule has 1 aromatic heterocycles. The molecular weight excluding hydrogens is 240 g/mol. The molecular formula is C14H14N4O. The Labute approximate surface area is 111 Å². The predicted octanol–water partition coefficient (Wildman–Crippen LogP) is 2.30. The molecule has 0 amide bonds. The highest BCUT2D eigenvalue weighted by Gasteiger charge is 2.17. The number of nitrogen functional groups attached to an aromatic ring is 1. The molecule has 5 heteroatoms. The number of nitriles is 1. The van der Waals surface area contributed by atoms with Crippen LogP contribution in [0.1, 0.15) is 18.1 Å². The summed E-state index contributed by atoms with van der Waals surface area (Å²) < 4.78 is 5.36. The summed E-state index contributed by atoms with van der Waals surface area (Å²) in [6.45, 7) is 4.19. The van der Waals surface area contributed by atoms with E-state index in [-0.39, 0.29) is 11.8 Å². The first-order chi connectivity index (χ1) is 9.17. The number of ether oxygens (including phenoxy) is 1. The molecule has 5 nitrogen and oxygen atoms in total. The summed E-state index contributed by atoms with van der Waals surface area (Å²) in [5.41, 5.74) is 8.38. The minimum Gasteiger partial charge on any atom is -0.477 e. The predicted molar refractivity (Wildman–Crippen MR) is 72.5 cm³/mol. The van der Waals surface area contributed by atoms with Gasteiger partial charge in [-0.1, -0.05) is 24.3 Å². The van der Waals surface area contributed by atoms with Gasteiger partial charge in [-0.15, -0.1) is 0 Å². The first-order valence-corrected chi connectivity index (χ1v) is 5.93. The maximum Gasteiger partial charge on any atom is 0.237 e. The first-order valence-electron chi connectivity index (χ1n) is 5.93. The third-order valence-corrected chi connectivity index (χ3v) is 2.69. The third-order valence-electron chi connectivity index (χ3n) is 2.69. The number of nitrogens with zero attached hydrogens (tertiary/aromatic N) is 3. The zero-order valence-electron chi connectivity index (χ0n) is 10.8. The number of anilines is 1. The van der Waals surface area contributed by atoms with Crippen molar-refractivity contribution in [1.29, 1.82) is 5.26 Å². The molecule has 2 aromatic rings. The fourth-order valence-electron chi connectivity index (χ4n) is 1.83. The second kappa shape index (κ2) is 5.36. The lowest BCUT2D eigenvalue weighted by atomic mass is 10.0. The van der Waals surface area contributed by atoms with Gasteiger partial charge in [-0.3, -0.25) is 0 Å². The van der Waals surface area contributed by atoms with Gasteiger partial charge < -0.3 is 10.5 Å². The largest absolute Gasteiger partial charge is 0.477 e. The van der Waals surface area contributed by atoms with Crippen LogP contribution in [-0.4, -0.2) is 16.6 Å². The van der Waals surface area contributed by atoms with Crippen molar-refractivity contribution in [2.45, 2.75) is 13.8 Å². The van der Waals surface area contributed by atoms with Gasteiger partial charge in [0.1, 0.15) is 11.6 Å². The highest BCUT2D eigenvalue weighted by Crippen LogP contribution is 2.29. The molecule has 0 spiro atoms. The molecule has 1 aromatic carbocycles. The molecule has 2 rings (SSSR count). The molecule has 2 N–H and O–H groups in total. The Morgan fingerprint density at radius 3 is 2.68 bits per heavy atom. The van der Waals surface area contributed by atoms with Gasteiger partial charge in [-0.25, -0.2) is 4.98 Å². The van der Waals surface area contributed by atoms with Crippen molar-refractivity contribution in [3.05, 3.63) is 35.4 Å². The van der Waals surface area contributed by atoms with E-state index in [1.54, 1.807) is 0 Å². The molecule has 96 valence electrons. The van der Waals surface area contributed by atoms with E-state index < -0.39 is 0 Å². The summed E-state index contributed by atoms with van der Waals surface area (Å²) in [4.78, 5) is 8.15. The molecule has 0 bridgehead atoms. The van der Waals surface area contributed by atoms with Crippen LogP contribution < -0.4 is 10.5 Å². The summed E-state index contributed by atoms with van der Waals surface area (Å²) >= 11 is 0. The van der Waals surface area contributed by atoms with Gasteiger partial charge in [0.15, 0.2) is 0 Å². The zero-order valence-corrected chi connectivity index (χ0v) is 10.8. The molecule has 0 aliphatic rings. The smallest absolute Gasteiger partial charge is 0.237 e. The van der Waals surface area contributed by atoms with Crippen LogP contribution in [-0.2, 0) is 0 Å². The number of rotatable bonds is 3. The average Bonchev–Trinajstić information content (AvgIpc) is 2.39. The number of nitrogens with two attached hydrogens (primary N) is 1. The van der Waals surface area contributed by atoms with E-state index in [2.05, 4.69) is 16.0 Å². The Morgan fingerprint density at radius 1 is 1.32 bits per heavy atom. The van der Waals surface area contributed by atoms with Crippen LogP contribution in [0.5, 0.6) is 5.88 Å². The van der Waals surface area contributed by atoms with E-state index >= 15 is 0 Å². The van der Waals surface area contributed by atoms with Gasteiger partial charge in [0.25, 0.3) is 0 Å². The molecule has 0 aliphatic carbocycles. The molecule has 0 aliphatic heterocycles. The Kier molecular flexibility index (Phi) is 3.62. The Hall–Kier alpha value is -2.61. The fourth-order valence-corrected chi connectivity index (χ4v) is 1.83. The van der Waals surface area contributed by atoms with Crippen LogP contribution in [0, 0.1) is 18.3 Å². The standard InChI is InChI=1S/C14H14N4O/c1-3-19-13-11(8-15)12(17-14(16)18-13)10-7-5-4-6-9(10)2/h4-7H,3H2,1-2H3,(H2,16,17,18). The van der Waals surface area contributed by atoms with Gasteiger partial charge in [-0.2, -0.15) is 10.2 Å². The fraction of sp³-hybridized carbons (Fsp3) is 0.214. The maximum atomic E-state index is 9.32. The number of hydrogen-bond acceptors (Lipinski definition) is 5. The lowest BCUT2D eigenvalue weighted by Gasteiger charge is -2.11. The normalized spacial score (nSPS) is 9.95. The second-order valence-electron chi connectivity index (χ2n) is 3.97. The number of hydrogen-bond donors (Lipinski definition) is 1. The summed E-state index contributed by atoms with van der Waals surface area (Å²) in [7, 11) is 0. The lowest BCUT2D eigenvalue weighted by Crippen LogP contribution is -2.05. The van der Waals surface area contributed by atoms with E-state index in [1.165, 1.54) is 0 Å². The maximum absolute atomic E-state index is 9.32. The Balaban J connectivity index is 2.70. The molecule has 0 unspecified atom stereocenters. The van der Waals surface area contributed by atoms with Crippen molar-refractivity contribution >= 4 is 5.95 Å². The summed E-state index contributed by atoms with van der Waals surface area (Å²) in [5.74, 6) is 0.330. The van der Waals surface area contributed by atoms with E-state index in [0.717, 1.165) is 11.1 Å². The second-order valence-corrected chi connectivity index (χ2v) is 3.97. The van der Waals surface area contributed by atoms with E-state index in [1.807, 2.05) is 38.1 Å². The number of aromatic nitrogens is 2. The van der Waals surface area contributed by atoms with Crippen molar-refractivity contribution in [1.82, 2.24) is 9.97 Å². The average molecular weight is 254 g/mol. The molecule has 0 fully saturated rings. The molecule has 19 heavy (non-hydrogen) atoms. The minimum absolute atomic E-state index is 0.0979. The Morgan fingerprint density at radius 2 is 2.05 bits per heavy atom. The third kappa shape index (κ3) is 2.47. The summed E-state index contributed by atoms with van der Waals surface area (Å²) in [6, 6.07) is 9.77. The molecule has 0 atom stereocenters. The van der Waals surface area contributed by atoms with E-state index in [9.17, 15) is 5.26 Å². The van der Waals surface area contributed by atoms with Crippen molar-refractivity contribution in [3.8, 4) is 23.2 Å².